The second-order valence-corrected chi connectivity index (χ2v) is 8.03. The number of nitrogens with one attached hydrogen (secondary N) is 1. The molecular weight excluding hydrogens is 368 g/mol. The summed E-state index contributed by atoms with van der Waals surface area (Å²) in [5.41, 5.74) is 1.48. The van der Waals surface area contributed by atoms with Crippen LogP contribution in [0.25, 0.3) is 0 Å². The van der Waals surface area contributed by atoms with E-state index in [1.165, 1.54) is 17.5 Å². The molecule has 1 amide bonds. The summed E-state index contributed by atoms with van der Waals surface area (Å²) in [5.74, 6) is 0.558. The highest BCUT2D eigenvalue weighted by Gasteiger charge is 2.30. The van der Waals surface area contributed by atoms with E-state index in [0.29, 0.717) is 41.4 Å². The van der Waals surface area contributed by atoms with Gasteiger partial charge < -0.3 is 14.8 Å². The molecule has 0 bridgehead atoms. The number of nitrogens with zero attached hydrogens (tertiary/aromatic N) is 1. The zero-order valence-corrected chi connectivity index (χ0v) is 16.3. The number of anilines is 2. The molecular formula is C19H22N2O5S. The summed E-state index contributed by atoms with van der Waals surface area (Å²) in [7, 11) is -2.36. The van der Waals surface area contributed by atoms with E-state index in [1.807, 2.05) is 6.92 Å². The Morgan fingerprint density at radius 1 is 1.26 bits per heavy atom. The van der Waals surface area contributed by atoms with Crippen LogP contribution in [0.15, 0.2) is 41.3 Å². The Kier molecular flexibility index (Phi) is 5.27. The SMILES string of the molecule is CCCN(c1ccccc1OC)S(=O)(=O)c1cc2c(cc1C)NC(=O)CO2. The first kappa shape index (κ1) is 19.0. The van der Waals surface area contributed by atoms with E-state index in [4.69, 9.17) is 9.47 Å². The average molecular weight is 390 g/mol. The molecule has 0 radical (unpaired) electrons. The van der Waals surface area contributed by atoms with Crippen molar-refractivity contribution in [3.63, 3.8) is 0 Å². The van der Waals surface area contributed by atoms with Crippen molar-refractivity contribution >= 4 is 27.3 Å². The van der Waals surface area contributed by atoms with Crippen molar-refractivity contribution in [1.29, 1.82) is 0 Å². The Labute approximate surface area is 158 Å². The highest BCUT2D eigenvalue weighted by molar-refractivity contribution is 7.92. The van der Waals surface area contributed by atoms with Crippen LogP contribution in [0.3, 0.4) is 0 Å². The molecule has 0 saturated heterocycles. The molecule has 144 valence electrons. The molecule has 0 atom stereocenters. The summed E-state index contributed by atoms with van der Waals surface area (Å²) < 4.78 is 39.1. The van der Waals surface area contributed by atoms with Crippen LogP contribution in [-0.4, -0.2) is 34.6 Å². The summed E-state index contributed by atoms with van der Waals surface area (Å²) in [6, 6.07) is 10.1. The van der Waals surface area contributed by atoms with Gasteiger partial charge in [0.25, 0.3) is 15.9 Å². The standard InChI is InChI=1S/C19H22N2O5S/c1-4-9-21(15-7-5-6-8-16(15)25-3)27(23,24)18-11-17-14(10-13(18)2)20-19(22)12-26-17/h5-8,10-11H,4,9,12H2,1-3H3,(H,20,22). The molecule has 0 aliphatic carbocycles. The minimum Gasteiger partial charge on any atom is -0.495 e. The van der Waals surface area contributed by atoms with Crippen LogP contribution in [0.5, 0.6) is 11.5 Å². The van der Waals surface area contributed by atoms with Gasteiger partial charge in [0.15, 0.2) is 6.61 Å². The lowest BCUT2D eigenvalue weighted by molar-refractivity contribution is -0.118. The third-order valence-electron chi connectivity index (χ3n) is 4.26. The van der Waals surface area contributed by atoms with E-state index >= 15 is 0 Å². The molecule has 7 nitrogen and oxygen atoms in total. The lowest BCUT2D eigenvalue weighted by Crippen LogP contribution is -2.33. The number of methoxy groups -OCH3 is 1. The summed E-state index contributed by atoms with van der Waals surface area (Å²) in [6.45, 7) is 3.77. The van der Waals surface area contributed by atoms with E-state index in [0.717, 1.165) is 0 Å². The Balaban J connectivity index is 2.12. The molecule has 8 heteroatoms. The van der Waals surface area contributed by atoms with Gasteiger partial charge in [-0.2, -0.15) is 0 Å². The van der Waals surface area contributed by atoms with Crippen LogP contribution >= 0.6 is 0 Å². The Morgan fingerprint density at radius 2 is 2.00 bits per heavy atom. The topological polar surface area (TPSA) is 84.9 Å². The molecule has 0 saturated carbocycles. The average Bonchev–Trinajstić information content (AvgIpc) is 2.65. The highest BCUT2D eigenvalue weighted by Crippen LogP contribution is 2.37. The molecule has 0 unspecified atom stereocenters. The number of fused-ring (bicyclic) bond motifs is 1. The van der Waals surface area contributed by atoms with Gasteiger partial charge in [0.05, 0.1) is 23.4 Å². The molecule has 27 heavy (non-hydrogen) atoms. The first-order valence-corrected chi connectivity index (χ1v) is 10.1. The Hall–Kier alpha value is -2.74. The predicted octanol–water partition coefficient (Wildman–Crippen LogP) is 2.94. The van der Waals surface area contributed by atoms with Crippen LogP contribution in [-0.2, 0) is 14.8 Å². The van der Waals surface area contributed by atoms with Crippen LogP contribution in [0, 0.1) is 6.92 Å². The molecule has 2 aromatic carbocycles. The third-order valence-corrected chi connectivity index (χ3v) is 6.21. The van der Waals surface area contributed by atoms with Crippen molar-refractivity contribution < 1.29 is 22.7 Å². The fourth-order valence-electron chi connectivity index (χ4n) is 3.02. The summed E-state index contributed by atoms with van der Waals surface area (Å²) in [6.07, 6.45) is 0.633. The first-order valence-electron chi connectivity index (χ1n) is 8.61. The lowest BCUT2D eigenvalue weighted by atomic mass is 10.2. The smallest absolute Gasteiger partial charge is 0.264 e. The van der Waals surface area contributed by atoms with Crippen molar-refractivity contribution in [2.45, 2.75) is 25.2 Å². The number of hydrogen-bond donors (Lipinski definition) is 1. The lowest BCUT2D eigenvalue weighted by Gasteiger charge is -2.27. The minimum atomic E-state index is -3.87. The van der Waals surface area contributed by atoms with Gasteiger partial charge >= 0.3 is 0 Å². The van der Waals surface area contributed by atoms with Gasteiger partial charge in [-0.3, -0.25) is 9.10 Å². The van der Waals surface area contributed by atoms with Gasteiger partial charge in [-0.25, -0.2) is 8.42 Å². The highest BCUT2D eigenvalue weighted by atomic mass is 32.2. The Morgan fingerprint density at radius 3 is 2.70 bits per heavy atom. The number of carbonyl (C=O) groups is 1. The molecule has 0 fully saturated rings. The van der Waals surface area contributed by atoms with Gasteiger partial charge in [0, 0.05) is 12.6 Å². The third kappa shape index (κ3) is 3.57. The normalized spacial score (nSPS) is 13.4. The fourth-order valence-corrected chi connectivity index (χ4v) is 4.81. The van der Waals surface area contributed by atoms with Crippen molar-refractivity contribution in [3.05, 3.63) is 42.0 Å². The first-order chi connectivity index (χ1) is 12.9. The zero-order valence-electron chi connectivity index (χ0n) is 15.5. The molecule has 1 aliphatic rings. The van der Waals surface area contributed by atoms with Crippen LogP contribution in [0.1, 0.15) is 18.9 Å². The zero-order chi connectivity index (χ0) is 19.6. The number of ether oxygens (including phenoxy) is 2. The number of benzene rings is 2. The maximum Gasteiger partial charge on any atom is 0.264 e. The van der Waals surface area contributed by atoms with Crippen LogP contribution in [0.4, 0.5) is 11.4 Å². The van der Waals surface area contributed by atoms with E-state index < -0.39 is 10.0 Å². The minimum absolute atomic E-state index is 0.136. The summed E-state index contributed by atoms with van der Waals surface area (Å²) in [4.78, 5) is 11.6. The molecule has 1 N–H and O–H groups in total. The van der Waals surface area contributed by atoms with E-state index in [2.05, 4.69) is 5.32 Å². The molecule has 2 aromatic rings. The van der Waals surface area contributed by atoms with Gasteiger partial charge in [0.1, 0.15) is 11.5 Å². The molecule has 1 aliphatic heterocycles. The number of sulfonamides is 1. The van der Waals surface area contributed by atoms with Crippen molar-refractivity contribution in [2.24, 2.45) is 0 Å². The number of rotatable bonds is 6. The van der Waals surface area contributed by atoms with Gasteiger partial charge in [-0.05, 0) is 37.1 Å². The van der Waals surface area contributed by atoms with E-state index in [9.17, 15) is 13.2 Å². The number of aryl methyl sites for hydroxylation is 1. The van der Waals surface area contributed by atoms with Crippen LogP contribution < -0.4 is 19.1 Å². The van der Waals surface area contributed by atoms with Gasteiger partial charge in [-0.15, -0.1) is 0 Å². The number of carbonyl (C=O) groups excluding carboxylic acids is 1. The second-order valence-electron chi connectivity index (χ2n) is 6.20. The number of para-hydroxylation sites is 2. The molecule has 0 spiro atoms. The largest absolute Gasteiger partial charge is 0.495 e. The monoisotopic (exact) mass is 390 g/mol. The van der Waals surface area contributed by atoms with Gasteiger partial charge in [-0.1, -0.05) is 19.1 Å². The van der Waals surface area contributed by atoms with E-state index in [-0.39, 0.29) is 17.4 Å². The van der Waals surface area contributed by atoms with Gasteiger partial charge in [0.2, 0.25) is 0 Å². The molecule has 3 rings (SSSR count). The van der Waals surface area contributed by atoms with Crippen molar-refractivity contribution in [3.8, 4) is 11.5 Å². The van der Waals surface area contributed by atoms with Crippen LogP contribution in [0.2, 0.25) is 0 Å². The molecule has 0 aromatic heterocycles. The maximum atomic E-state index is 13.5. The summed E-state index contributed by atoms with van der Waals surface area (Å²) in [5, 5.41) is 2.69. The molecule has 1 heterocycles. The maximum absolute atomic E-state index is 13.5. The second kappa shape index (κ2) is 7.48. The fraction of sp³-hybridized carbons (Fsp3) is 0.316. The summed E-state index contributed by atoms with van der Waals surface area (Å²) >= 11 is 0. The van der Waals surface area contributed by atoms with E-state index in [1.54, 1.807) is 37.3 Å². The quantitative estimate of drug-likeness (QED) is 0.820. The van der Waals surface area contributed by atoms with Crippen molar-refractivity contribution in [1.82, 2.24) is 0 Å². The number of amides is 1. The van der Waals surface area contributed by atoms with Crippen molar-refractivity contribution in [2.75, 3.05) is 29.9 Å². The number of hydrogen-bond acceptors (Lipinski definition) is 5. The predicted molar refractivity (Wildman–Crippen MR) is 103 cm³/mol. The Bertz CT molecular complexity index is 972.